The van der Waals surface area contributed by atoms with Crippen LogP contribution < -0.4 is 24.6 Å². The Labute approximate surface area is 171 Å². The van der Waals surface area contributed by atoms with Crippen LogP contribution in [0.1, 0.15) is 20.3 Å². The third-order valence-electron chi connectivity index (χ3n) is 4.86. The molecule has 0 saturated carbocycles. The normalized spacial score (nSPS) is 15.9. The van der Waals surface area contributed by atoms with Crippen molar-refractivity contribution < 1.29 is 19.1 Å². The topological polar surface area (TPSA) is 71.1 Å². The molecule has 0 unspecified atom stereocenters. The number of rotatable bonds is 7. The molecule has 3 amide bonds. The Bertz CT molecular complexity index is 836. The van der Waals surface area contributed by atoms with Crippen molar-refractivity contribution in [3.05, 3.63) is 48.5 Å². The minimum atomic E-state index is -0.242. The first-order valence-electron chi connectivity index (χ1n) is 9.81. The summed E-state index contributed by atoms with van der Waals surface area (Å²) in [5.74, 6) is 1.50. The highest BCUT2D eigenvalue weighted by Gasteiger charge is 2.32. The number of nitrogens with zero attached hydrogens (tertiary/aromatic N) is 2. The summed E-state index contributed by atoms with van der Waals surface area (Å²) in [4.78, 5) is 28.6. The van der Waals surface area contributed by atoms with E-state index in [0.29, 0.717) is 19.7 Å². The van der Waals surface area contributed by atoms with Gasteiger partial charge in [-0.05, 0) is 62.4 Å². The Morgan fingerprint density at radius 1 is 1.10 bits per heavy atom. The Morgan fingerprint density at radius 2 is 1.76 bits per heavy atom. The van der Waals surface area contributed by atoms with Crippen LogP contribution >= 0.6 is 0 Å². The molecule has 0 radical (unpaired) electrons. The molecule has 1 N–H and O–H groups in total. The van der Waals surface area contributed by atoms with Crippen LogP contribution in [0, 0.1) is 0 Å². The Kier molecular flexibility index (Phi) is 6.59. The molecule has 0 bridgehead atoms. The Hall–Kier alpha value is -3.22. The maximum atomic E-state index is 12.8. The van der Waals surface area contributed by atoms with E-state index in [1.807, 2.05) is 62.4 Å². The maximum absolute atomic E-state index is 12.8. The van der Waals surface area contributed by atoms with Crippen LogP contribution in [0.25, 0.3) is 0 Å². The number of carbonyl (C=O) groups excluding carboxylic acids is 2. The summed E-state index contributed by atoms with van der Waals surface area (Å²) in [5, 5.41) is 2.99. The summed E-state index contributed by atoms with van der Waals surface area (Å²) in [7, 11) is 1.60. The van der Waals surface area contributed by atoms with Gasteiger partial charge in [0.15, 0.2) is 0 Å². The number of carbonyl (C=O) groups is 2. The lowest BCUT2D eigenvalue weighted by Gasteiger charge is -2.24. The molecule has 3 rings (SSSR count). The zero-order valence-electron chi connectivity index (χ0n) is 17.1. The van der Waals surface area contributed by atoms with Gasteiger partial charge in [-0.2, -0.15) is 0 Å². The molecular weight excluding hydrogens is 370 g/mol. The molecule has 154 valence electrons. The number of amides is 3. The van der Waals surface area contributed by atoms with E-state index in [4.69, 9.17) is 9.47 Å². The summed E-state index contributed by atoms with van der Waals surface area (Å²) < 4.78 is 10.6. The molecule has 1 fully saturated rings. The molecule has 29 heavy (non-hydrogen) atoms. The van der Waals surface area contributed by atoms with E-state index in [-0.39, 0.29) is 24.4 Å². The van der Waals surface area contributed by atoms with Gasteiger partial charge >= 0.3 is 6.03 Å². The van der Waals surface area contributed by atoms with Crippen molar-refractivity contribution in [1.29, 1.82) is 0 Å². The van der Waals surface area contributed by atoms with Crippen molar-refractivity contribution in [1.82, 2.24) is 5.32 Å². The lowest BCUT2D eigenvalue weighted by atomic mass is 10.2. The molecule has 2 aromatic rings. The van der Waals surface area contributed by atoms with Crippen LogP contribution in [0.4, 0.5) is 16.2 Å². The van der Waals surface area contributed by atoms with Crippen molar-refractivity contribution in [3.63, 3.8) is 0 Å². The largest absolute Gasteiger partial charge is 0.497 e. The van der Waals surface area contributed by atoms with Crippen molar-refractivity contribution in [2.45, 2.75) is 26.3 Å². The third kappa shape index (κ3) is 4.80. The van der Waals surface area contributed by atoms with E-state index in [0.717, 1.165) is 22.9 Å². The van der Waals surface area contributed by atoms with Gasteiger partial charge in [0.2, 0.25) is 5.91 Å². The van der Waals surface area contributed by atoms with Crippen LogP contribution in [-0.2, 0) is 4.79 Å². The summed E-state index contributed by atoms with van der Waals surface area (Å²) >= 11 is 0. The van der Waals surface area contributed by atoms with Gasteiger partial charge in [0.1, 0.15) is 11.5 Å². The fraction of sp³-hybridized carbons (Fsp3) is 0.364. The average Bonchev–Trinajstić information content (AvgIpc) is 3.10. The number of methoxy groups -OCH3 is 1. The van der Waals surface area contributed by atoms with E-state index >= 15 is 0 Å². The molecule has 7 heteroatoms. The molecule has 1 atom stereocenters. The fourth-order valence-corrected chi connectivity index (χ4v) is 3.40. The van der Waals surface area contributed by atoms with Crippen molar-refractivity contribution in [2.24, 2.45) is 0 Å². The first-order valence-corrected chi connectivity index (χ1v) is 9.81. The summed E-state index contributed by atoms with van der Waals surface area (Å²) in [6.45, 7) is 5.39. The highest BCUT2D eigenvalue weighted by molar-refractivity contribution is 5.98. The second kappa shape index (κ2) is 9.32. The molecule has 7 nitrogen and oxygen atoms in total. The molecule has 0 aromatic heterocycles. The van der Waals surface area contributed by atoms with Gasteiger partial charge in [-0.15, -0.1) is 0 Å². The summed E-state index contributed by atoms with van der Waals surface area (Å²) in [5.41, 5.74) is 1.58. The first-order chi connectivity index (χ1) is 14.0. The van der Waals surface area contributed by atoms with Gasteiger partial charge in [0.25, 0.3) is 0 Å². The van der Waals surface area contributed by atoms with Gasteiger partial charge < -0.3 is 19.7 Å². The average molecular weight is 397 g/mol. The zero-order chi connectivity index (χ0) is 20.8. The van der Waals surface area contributed by atoms with Crippen LogP contribution in [0.3, 0.4) is 0 Å². The monoisotopic (exact) mass is 397 g/mol. The first kappa shape index (κ1) is 20.5. The molecule has 1 aliphatic rings. The van der Waals surface area contributed by atoms with E-state index < -0.39 is 0 Å². The molecule has 0 spiro atoms. The van der Waals surface area contributed by atoms with Gasteiger partial charge in [0.05, 0.1) is 19.8 Å². The summed E-state index contributed by atoms with van der Waals surface area (Å²) in [6.07, 6.45) is 0.277. The van der Waals surface area contributed by atoms with Gasteiger partial charge in [0, 0.05) is 30.9 Å². The van der Waals surface area contributed by atoms with Crippen molar-refractivity contribution in [3.8, 4) is 11.5 Å². The lowest BCUT2D eigenvalue weighted by Crippen LogP contribution is -2.46. The molecule has 2 aromatic carbocycles. The number of hydrogen-bond donors (Lipinski definition) is 1. The zero-order valence-corrected chi connectivity index (χ0v) is 17.1. The Balaban J connectivity index is 1.63. The van der Waals surface area contributed by atoms with E-state index in [1.165, 1.54) is 0 Å². The molecule has 1 aliphatic heterocycles. The van der Waals surface area contributed by atoms with Crippen molar-refractivity contribution >= 4 is 23.3 Å². The number of nitrogens with one attached hydrogen (secondary N) is 1. The number of urea groups is 1. The van der Waals surface area contributed by atoms with Crippen LogP contribution in [-0.4, -0.2) is 44.8 Å². The van der Waals surface area contributed by atoms with Crippen LogP contribution in [0.15, 0.2) is 48.5 Å². The number of ether oxygens (including phenoxy) is 2. The highest BCUT2D eigenvalue weighted by Crippen LogP contribution is 2.25. The van der Waals surface area contributed by atoms with Crippen LogP contribution in [0.2, 0.25) is 0 Å². The minimum absolute atomic E-state index is 0.00745. The molecule has 0 aliphatic carbocycles. The van der Waals surface area contributed by atoms with E-state index in [1.54, 1.807) is 16.9 Å². The highest BCUT2D eigenvalue weighted by atomic mass is 16.5. The number of hydrogen-bond acceptors (Lipinski definition) is 4. The molecular formula is C22H27N3O4. The van der Waals surface area contributed by atoms with Gasteiger partial charge in [-0.1, -0.05) is 0 Å². The van der Waals surface area contributed by atoms with Crippen LogP contribution in [0.5, 0.6) is 11.5 Å². The number of anilines is 2. The minimum Gasteiger partial charge on any atom is -0.497 e. The predicted octanol–water partition coefficient (Wildman–Crippen LogP) is 3.44. The smallest absolute Gasteiger partial charge is 0.322 e. The Morgan fingerprint density at radius 3 is 2.34 bits per heavy atom. The molecule has 1 heterocycles. The maximum Gasteiger partial charge on any atom is 0.322 e. The van der Waals surface area contributed by atoms with Crippen molar-refractivity contribution in [2.75, 3.05) is 36.6 Å². The third-order valence-corrected chi connectivity index (χ3v) is 4.86. The quantitative estimate of drug-likeness (QED) is 0.777. The fourth-order valence-electron chi connectivity index (χ4n) is 3.40. The predicted molar refractivity (Wildman–Crippen MR) is 113 cm³/mol. The van der Waals surface area contributed by atoms with E-state index in [9.17, 15) is 9.59 Å². The SMILES string of the molecule is CCOc1ccc(N2C[C@H](NC(=O)N(CC)c3ccc(OC)cc3)CC2=O)cc1. The molecule has 1 saturated heterocycles. The summed E-state index contributed by atoms with van der Waals surface area (Å²) in [6, 6.07) is 14.3. The lowest BCUT2D eigenvalue weighted by molar-refractivity contribution is -0.117. The van der Waals surface area contributed by atoms with Gasteiger partial charge in [-0.3, -0.25) is 9.69 Å². The second-order valence-corrected chi connectivity index (χ2v) is 6.72. The second-order valence-electron chi connectivity index (χ2n) is 6.72. The van der Waals surface area contributed by atoms with E-state index in [2.05, 4.69) is 5.32 Å². The van der Waals surface area contributed by atoms with Gasteiger partial charge in [-0.25, -0.2) is 4.79 Å². The standard InChI is InChI=1S/C22H27N3O4/c1-4-24(17-6-10-19(28-3)11-7-17)22(27)23-16-14-21(26)25(15-16)18-8-12-20(13-9-18)29-5-2/h6-13,16H,4-5,14-15H2,1-3H3,(H,23,27)/t16-/m1/s1. The number of benzene rings is 2.